The average molecular weight is 193 g/mol. The fourth-order valence-corrected chi connectivity index (χ4v) is 2.10. The maximum atomic E-state index is 6.07. The largest absolute Gasteiger partial charge is 0.384 e. The number of nitrogen functional groups attached to an aromatic ring is 1. The molecule has 1 aliphatic heterocycles. The zero-order valence-electron chi connectivity index (χ0n) is 9.08. The van der Waals surface area contributed by atoms with E-state index >= 15 is 0 Å². The molecule has 0 unspecified atom stereocenters. The third-order valence-corrected chi connectivity index (χ3v) is 2.80. The van der Waals surface area contributed by atoms with E-state index in [1.807, 2.05) is 0 Å². The van der Waals surface area contributed by atoms with Gasteiger partial charge < -0.3 is 10.3 Å². The first-order valence-electron chi connectivity index (χ1n) is 5.52. The van der Waals surface area contributed by atoms with E-state index in [9.17, 15) is 0 Å². The Morgan fingerprint density at radius 1 is 1.43 bits per heavy atom. The first-order chi connectivity index (χ1) is 6.68. The summed E-state index contributed by atoms with van der Waals surface area (Å²) in [5.74, 6) is 2.74. The molecule has 3 nitrogen and oxygen atoms in total. The molecule has 0 bridgehead atoms. The van der Waals surface area contributed by atoms with Crippen molar-refractivity contribution in [1.82, 2.24) is 9.55 Å². The van der Waals surface area contributed by atoms with Crippen LogP contribution in [0.4, 0.5) is 5.82 Å². The summed E-state index contributed by atoms with van der Waals surface area (Å²) in [6.45, 7) is 5.47. The van der Waals surface area contributed by atoms with Gasteiger partial charge in [-0.3, -0.25) is 0 Å². The first-order valence-corrected chi connectivity index (χ1v) is 5.52. The first kappa shape index (κ1) is 9.56. The van der Waals surface area contributed by atoms with Gasteiger partial charge in [0.2, 0.25) is 0 Å². The van der Waals surface area contributed by atoms with Gasteiger partial charge in [0.15, 0.2) is 0 Å². The SMILES string of the molecule is CC(C)Cc1nc2n(c1N)CCCC2. The lowest BCUT2D eigenvalue weighted by molar-refractivity contribution is 0.527. The van der Waals surface area contributed by atoms with Crippen molar-refractivity contribution in [3.8, 4) is 0 Å². The van der Waals surface area contributed by atoms with Crippen LogP contribution < -0.4 is 5.73 Å². The van der Waals surface area contributed by atoms with Gasteiger partial charge in [-0.2, -0.15) is 0 Å². The second kappa shape index (κ2) is 3.64. The lowest BCUT2D eigenvalue weighted by Crippen LogP contribution is -2.12. The second-order valence-corrected chi connectivity index (χ2v) is 4.57. The summed E-state index contributed by atoms with van der Waals surface area (Å²) in [6, 6.07) is 0. The third kappa shape index (κ3) is 1.63. The minimum Gasteiger partial charge on any atom is -0.384 e. The Balaban J connectivity index is 2.29. The molecule has 2 heterocycles. The van der Waals surface area contributed by atoms with Crippen LogP contribution in [0.25, 0.3) is 0 Å². The quantitative estimate of drug-likeness (QED) is 0.780. The second-order valence-electron chi connectivity index (χ2n) is 4.57. The molecule has 1 aromatic heterocycles. The number of nitrogens with two attached hydrogens (primary N) is 1. The zero-order valence-corrected chi connectivity index (χ0v) is 9.08. The van der Waals surface area contributed by atoms with Crippen LogP contribution in [0.1, 0.15) is 38.2 Å². The predicted octanol–water partition coefficient (Wildman–Crippen LogP) is 2.00. The molecule has 1 aliphatic rings. The van der Waals surface area contributed by atoms with Gasteiger partial charge in [-0.1, -0.05) is 13.8 Å². The topological polar surface area (TPSA) is 43.8 Å². The molecule has 1 aromatic rings. The predicted molar refractivity (Wildman–Crippen MR) is 58.1 cm³/mol. The molecular weight excluding hydrogens is 174 g/mol. The highest BCUT2D eigenvalue weighted by Gasteiger charge is 2.17. The van der Waals surface area contributed by atoms with Crippen molar-refractivity contribution >= 4 is 5.82 Å². The van der Waals surface area contributed by atoms with E-state index < -0.39 is 0 Å². The van der Waals surface area contributed by atoms with Gasteiger partial charge in [-0.05, 0) is 25.2 Å². The van der Waals surface area contributed by atoms with Gasteiger partial charge in [0, 0.05) is 13.0 Å². The molecule has 3 heteroatoms. The van der Waals surface area contributed by atoms with E-state index in [-0.39, 0.29) is 0 Å². The van der Waals surface area contributed by atoms with Gasteiger partial charge in [0.05, 0.1) is 5.69 Å². The van der Waals surface area contributed by atoms with E-state index in [2.05, 4.69) is 23.4 Å². The molecule has 0 aromatic carbocycles. The number of hydrogen-bond donors (Lipinski definition) is 1. The summed E-state index contributed by atoms with van der Waals surface area (Å²) in [7, 11) is 0. The van der Waals surface area contributed by atoms with Gasteiger partial charge in [-0.25, -0.2) is 4.98 Å². The van der Waals surface area contributed by atoms with Crippen molar-refractivity contribution in [2.45, 2.75) is 46.1 Å². The van der Waals surface area contributed by atoms with Crippen molar-refractivity contribution < 1.29 is 0 Å². The van der Waals surface area contributed by atoms with Crippen molar-refractivity contribution in [2.24, 2.45) is 5.92 Å². The Kier molecular flexibility index (Phi) is 2.48. The van der Waals surface area contributed by atoms with Crippen molar-refractivity contribution in [2.75, 3.05) is 5.73 Å². The lowest BCUT2D eigenvalue weighted by atomic mass is 10.1. The molecule has 78 valence electrons. The molecule has 0 radical (unpaired) electrons. The average Bonchev–Trinajstić information content (AvgIpc) is 2.44. The highest BCUT2D eigenvalue weighted by atomic mass is 15.1. The van der Waals surface area contributed by atoms with E-state index in [1.54, 1.807) is 0 Å². The number of fused-ring (bicyclic) bond motifs is 1. The molecule has 2 N–H and O–H groups in total. The molecule has 0 spiro atoms. The minimum atomic E-state index is 0.634. The maximum absolute atomic E-state index is 6.07. The van der Waals surface area contributed by atoms with E-state index in [1.165, 1.54) is 18.7 Å². The number of aryl methyl sites for hydroxylation is 1. The molecule has 0 atom stereocenters. The normalized spacial score (nSPS) is 15.9. The monoisotopic (exact) mass is 193 g/mol. The van der Waals surface area contributed by atoms with Gasteiger partial charge in [-0.15, -0.1) is 0 Å². The molecule has 0 saturated heterocycles. The van der Waals surface area contributed by atoms with E-state index in [4.69, 9.17) is 5.73 Å². The van der Waals surface area contributed by atoms with E-state index in [0.29, 0.717) is 5.92 Å². The van der Waals surface area contributed by atoms with Crippen molar-refractivity contribution in [3.05, 3.63) is 11.5 Å². The van der Waals surface area contributed by atoms with Crippen LogP contribution in [-0.4, -0.2) is 9.55 Å². The standard InChI is InChI=1S/C11H19N3/c1-8(2)7-9-11(12)14-6-4-3-5-10(14)13-9/h8H,3-7,12H2,1-2H3. The summed E-state index contributed by atoms with van der Waals surface area (Å²) in [5, 5.41) is 0. The highest BCUT2D eigenvalue weighted by Crippen LogP contribution is 2.23. The number of nitrogens with zero attached hydrogens (tertiary/aromatic N) is 2. The number of anilines is 1. The van der Waals surface area contributed by atoms with Crippen LogP contribution in [0.5, 0.6) is 0 Å². The van der Waals surface area contributed by atoms with Crippen LogP contribution in [0.3, 0.4) is 0 Å². The van der Waals surface area contributed by atoms with Crippen LogP contribution in [0.2, 0.25) is 0 Å². The Bertz CT molecular complexity index is 326. The molecule has 0 aliphatic carbocycles. The molecule has 14 heavy (non-hydrogen) atoms. The van der Waals surface area contributed by atoms with Gasteiger partial charge in [0.25, 0.3) is 0 Å². The molecule has 2 rings (SSSR count). The third-order valence-electron chi connectivity index (χ3n) is 2.80. The number of hydrogen-bond acceptors (Lipinski definition) is 2. The van der Waals surface area contributed by atoms with Crippen molar-refractivity contribution in [3.63, 3.8) is 0 Å². The van der Waals surface area contributed by atoms with Gasteiger partial charge in [0.1, 0.15) is 11.6 Å². The van der Waals surface area contributed by atoms with Gasteiger partial charge >= 0.3 is 0 Å². The zero-order chi connectivity index (χ0) is 10.1. The summed E-state index contributed by atoms with van der Waals surface area (Å²) in [5.41, 5.74) is 7.18. The molecule has 0 amide bonds. The fourth-order valence-electron chi connectivity index (χ4n) is 2.10. The van der Waals surface area contributed by atoms with E-state index in [0.717, 1.165) is 30.9 Å². The summed E-state index contributed by atoms with van der Waals surface area (Å²) in [4.78, 5) is 4.63. The van der Waals surface area contributed by atoms with Crippen LogP contribution in [-0.2, 0) is 19.4 Å². The molecule has 0 saturated carbocycles. The van der Waals surface area contributed by atoms with Crippen LogP contribution in [0.15, 0.2) is 0 Å². The minimum absolute atomic E-state index is 0.634. The lowest BCUT2D eigenvalue weighted by Gasteiger charge is -2.14. The van der Waals surface area contributed by atoms with Crippen LogP contribution in [0, 0.1) is 5.92 Å². The summed E-state index contributed by atoms with van der Waals surface area (Å²) >= 11 is 0. The van der Waals surface area contributed by atoms with Crippen LogP contribution >= 0.6 is 0 Å². The maximum Gasteiger partial charge on any atom is 0.126 e. The molecular formula is C11H19N3. The number of imidazole rings is 1. The summed E-state index contributed by atoms with van der Waals surface area (Å²) in [6.07, 6.45) is 4.61. The number of aromatic nitrogens is 2. The van der Waals surface area contributed by atoms with Crippen molar-refractivity contribution in [1.29, 1.82) is 0 Å². The fraction of sp³-hybridized carbons (Fsp3) is 0.727. The Morgan fingerprint density at radius 3 is 2.86 bits per heavy atom. The molecule has 0 fully saturated rings. The summed E-state index contributed by atoms with van der Waals surface area (Å²) < 4.78 is 2.20. The Morgan fingerprint density at radius 2 is 2.21 bits per heavy atom. The Labute approximate surface area is 85.3 Å². The smallest absolute Gasteiger partial charge is 0.126 e. The highest BCUT2D eigenvalue weighted by molar-refractivity contribution is 5.39. The number of rotatable bonds is 2. The Hall–Kier alpha value is -0.990.